The first-order chi connectivity index (χ1) is 8.25. The van der Waals surface area contributed by atoms with Gasteiger partial charge in [-0.15, -0.1) is 0 Å². The van der Waals surface area contributed by atoms with Crippen molar-refractivity contribution in [1.29, 1.82) is 0 Å². The molecule has 0 saturated carbocycles. The Hall–Kier alpha value is -1.13. The third kappa shape index (κ3) is 3.68. The average molecular weight is 255 g/mol. The van der Waals surface area contributed by atoms with Gasteiger partial charge in [0.1, 0.15) is 0 Å². The SMILES string of the molecule is O=C(CC1CCCCO1)Nc1cccnc1Cl. The lowest BCUT2D eigenvalue weighted by molar-refractivity contribution is -0.119. The number of hydrogen-bond donors (Lipinski definition) is 1. The number of hydrogen-bond acceptors (Lipinski definition) is 3. The fourth-order valence-electron chi connectivity index (χ4n) is 1.86. The highest BCUT2D eigenvalue weighted by atomic mass is 35.5. The topological polar surface area (TPSA) is 51.2 Å². The molecule has 0 bridgehead atoms. The van der Waals surface area contributed by atoms with Crippen LogP contribution in [0.25, 0.3) is 0 Å². The number of halogens is 1. The van der Waals surface area contributed by atoms with Crippen molar-refractivity contribution in [2.24, 2.45) is 0 Å². The third-order valence-electron chi connectivity index (χ3n) is 2.72. The Bertz CT molecular complexity index is 392. The van der Waals surface area contributed by atoms with Crippen LogP contribution in [0, 0.1) is 0 Å². The molecule has 1 amide bonds. The summed E-state index contributed by atoms with van der Waals surface area (Å²) in [4.78, 5) is 15.7. The average Bonchev–Trinajstić information content (AvgIpc) is 2.33. The van der Waals surface area contributed by atoms with Crippen LogP contribution in [0.5, 0.6) is 0 Å². The van der Waals surface area contributed by atoms with Gasteiger partial charge in [0.15, 0.2) is 5.15 Å². The molecule has 0 spiro atoms. The first-order valence-electron chi connectivity index (χ1n) is 5.77. The predicted molar refractivity (Wildman–Crippen MR) is 66.1 cm³/mol. The first kappa shape index (κ1) is 12.3. The van der Waals surface area contributed by atoms with E-state index in [0.717, 1.165) is 25.9 Å². The number of aromatic nitrogens is 1. The van der Waals surface area contributed by atoms with Gasteiger partial charge in [-0.2, -0.15) is 0 Å². The minimum atomic E-state index is -0.0770. The Morgan fingerprint density at radius 2 is 2.47 bits per heavy atom. The van der Waals surface area contributed by atoms with E-state index in [0.29, 0.717) is 17.3 Å². The summed E-state index contributed by atoms with van der Waals surface area (Å²) in [6.07, 6.45) is 5.18. The molecule has 1 aliphatic rings. The summed E-state index contributed by atoms with van der Waals surface area (Å²) in [6, 6.07) is 3.47. The van der Waals surface area contributed by atoms with Gasteiger partial charge in [-0.3, -0.25) is 4.79 Å². The maximum Gasteiger partial charge on any atom is 0.227 e. The quantitative estimate of drug-likeness (QED) is 0.844. The van der Waals surface area contributed by atoms with Crippen molar-refractivity contribution < 1.29 is 9.53 Å². The fraction of sp³-hybridized carbons (Fsp3) is 0.500. The molecule has 1 saturated heterocycles. The van der Waals surface area contributed by atoms with Crippen LogP contribution < -0.4 is 5.32 Å². The van der Waals surface area contributed by atoms with E-state index < -0.39 is 0 Å². The van der Waals surface area contributed by atoms with Crippen molar-refractivity contribution in [3.63, 3.8) is 0 Å². The summed E-state index contributed by atoms with van der Waals surface area (Å²) < 4.78 is 5.51. The third-order valence-corrected chi connectivity index (χ3v) is 3.02. The second-order valence-corrected chi connectivity index (χ2v) is 4.44. The van der Waals surface area contributed by atoms with E-state index in [1.807, 2.05) is 0 Å². The number of anilines is 1. The van der Waals surface area contributed by atoms with E-state index in [1.165, 1.54) is 0 Å². The molecule has 0 radical (unpaired) electrons. The molecule has 1 aliphatic heterocycles. The zero-order valence-electron chi connectivity index (χ0n) is 9.49. The molecule has 92 valence electrons. The first-order valence-corrected chi connectivity index (χ1v) is 6.15. The number of rotatable bonds is 3. The van der Waals surface area contributed by atoms with E-state index in [4.69, 9.17) is 16.3 Å². The zero-order chi connectivity index (χ0) is 12.1. The Balaban J connectivity index is 1.86. The van der Waals surface area contributed by atoms with Crippen LogP contribution in [-0.4, -0.2) is 23.6 Å². The Morgan fingerprint density at radius 1 is 1.59 bits per heavy atom. The maximum atomic E-state index is 11.8. The molecule has 1 aromatic heterocycles. The van der Waals surface area contributed by atoms with Crippen molar-refractivity contribution in [3.05, 3.63) is 23.5 Å². The lowest BCUT2D eigenvalue weighted by atomic mass is 10.1. The van der Waals surface area contributed by atoms with Crippen LogP contribution in [0.2, 0.25) is 5.15 Å². The molecule has 2 rings (SSSR count). The van der Waals surface area contributed by atoms with Crippen LogP contribution in [-0.2, 0) is 9.53 Å². The van der Waals surface area contributed by atoms with Gasteiger partial charge in [0.05, 0.1) is 18.2 Å². The molecule has 1 fully saturated rings. The molecular weight excluding hydrogens is 240 g/mol. The highest BCUT2D eigenvalue weighted by molar-refractivity contribution is 6.32. The van der Waals surface area contributed by atoms with Gasteiger partial charge in [0.2, 0.25) is 5.91 Å². The summed E-state index contributed by atoms with van der Waals surface area (Å²) in [7, 11) is 0. The van der Waals surface area contributed by atoms with Crippen molar-refractivity contribution >= 4 is 23.2 Å². The Kier molecular flexibility index (Phi) is 4.34. The number of nitrogens with one attached hydrogen (secondary N) is 1. The van der Waals surface area contributed by atoms with Crippen molar-refractivity contribution in [2.75, 3.05) is 11.9 Å². The Morgan fingerprint density at radius 3 is 3.18 bits per heavy atom. The summed E-state index contributed by atoms with van der Waals surface area (Å²) in [5, 5.41) is 3.05. The fourth-order valence-corrected chi connectivity index (χ4v) is 2.02. The number of pyridine rings is 1. The van der Waals surface area contributed by atoms with Crippen LogP contribution in [0.4, 0.5) is 5.69 Å². The second-order valence-electron chi connectivity index (χ2n) is 4.08. The highest BCUT2D eigenvalue weighted by Gasteiger charge is 2.18. The molecule has 5 heteroatoms. The standard InChI is InChI=1S/C12H15ClN2O2/c13-12-10(5-3-6-14-12)15-11(16)8-9-4-1-2-7-17-9/h3,5-6,9H,1-2,4,7-8H2,(H,15,16). The van der Waals surface area contributed by atoms with Gasteiger partial charge in [-0.1, -0.05) is 11.6 Å². The zero-order valence-corrected chi connectivity index (χ0v) is 10.2. The number of carbonyl (C=O) groups is 1. The normalized spacial score (nSPS) is 19.9. The Labute approximate surface area is 105 Å². The largest absolute Gasteiger partial charge is 0.378 e. The monoisotopic (exact) mass is 254 g/mol. The van der Waals surface area contributed by atoms with Crippen LogP contribution in [0.15, 0.2) is 18.3 Å². The summed E-state index contributed by atoms with van der Waals surface area (Å²) >= 11 is 5.85. The molecule has 4 nitrogen and oxygen atoms in total. The van der Waals surface area contributed by atoms with E-state index in [-0.39, 0.29) is 12.0 Å². The van der Waals surface area contributed by atoms with Crippen molar-refractivity contribution in [1.82, 2.24) is 4.98 Å². The van der Waals surface area contributed by atoms with Gasteiger partial charge in [-0.05, 0) is 31.4 Å². The van der Waals surface area contributed by atoms with Gasteiger partial charge >= 0.3 is 0 Å². The molecule has 1 N–H and O–H groups in total. The molecule has 1 unspecified atom stereocenters. The number of carbonyl (C=O) groups excluding carboxylic acids is 1. The van der Waals surface area contributed by atoms with Gasteiger partial charge in [-0.25, -0.2) is 4.98 Å². The summed E-state index contributed by atoms with van der Waals surface area (Å²) in [5.74, 6) is -0.0770. The maximum absolute atomic E-state index is 11.8. The molecule has 1 aromatic rings. The van der Waals surface area contributed by atoms with Gasteiger partial charge in [0.25, 0.3) is 0 Å². The molecule has 0 aliphatic carbocycles. The molecule has 1 atom stereocenters. The molecule has 2 heterocycles. The van der Waals surface area contributed by atoms with Crippen molar-refractivity contribution in [3.8, 4) is 0 Å². The summed E-state index contributed by atoms with van der Waals surface area (Å²) in [5.41, 5.74) is 0.551. The molecule has 0 aromatic carbocycles. The van der Waals surface area contributed by atoms with Crippen LogP contribution in [0.1, 0.15) is 25.7 Å². The smallest absolute Gasteiger partial charge is 0.227 e. The minimum absolute atomic E-state index is 0.0409. The highest BCUT2D eigenvalue weighted by Crippen LogP contribution is 2.20. The number of nitrogens with zero attached hydrogens (tertiary/aromatic N) is 1. The van der Waals surface area contributed by atoms with E-state index >= 15 is 0 Å². The van der Waals surface area contributed by atoms with Gasteiger partial charge < -0.3 is 10.1 Å². The van der Waals surface area contributed by atoms with E-state index in [9.17, 15) is 4.79 Å². The van der Waals surface area contributed by atoms with E-state index in [1.54, 1.807) is 18.3 Å². The lowest BCUT2D eigenvalue weighted by Crippen LogP contribution is -2.25. The van der Waals surface area contributed by atoms with Crippen molar-refractivity contribution in [2.45, 2.75) is 31.8 Å². The number of amides is 1. The van der Waals surface area contributed by atoms with Crippen LogP contribution >= 0.6 is 11.6 Å². The minimum Gasteiger partial charge on any atom is -0.378 e. The summed E-state index contributed by atoms with van der Waals surface area (Å²) in [6.45, 7) is 0.756. The predicted octanol–water partition coefficient (Wildman–Crippen LogP) is 2.63. The second kappa shape index (κ2) is 5.98. The molecule has 17 heavy (non-hydrogen) atoms. The lowest BCUT2D eigenvalue weighted by Gasteiger charge is -2.21. The van der Waals surface area contributed by atoms with Crippen LogP contribution in [0.3, 0.4) is 0 Å². The molecular formula is C12H15ClN2O2. The van der Waals surface area contributed by atoms with Gasteiger partial charge in [0, 0.05) is 12.8 Å². The van der Waals surface area contributed by atoms with E-state index in [2.05, 4.69) is 10.3 Å². The number of ether oxygens (including phenoxy) is 1.